The number of rotatable bonds is 3. The second-order valence-corrected chi connectivity index (χ2v) is 3.65. The lowest BCUT2D eigenvalue weighted by Crippen LogP contribution is -2.06. The van der Waals surface area contributed by atoms with Crippen molar-refractivity contribution in [3.8, 4) is 0 Å². The van der Waals surface area contributed by atoms with Crippen LogP contribution >= 0.6 is 0 Å². The van der Waals surface area contributed by atoms with Gasteiger partial charge < -0.3 is 5.32 Å². The van der Waals surface area contributed by atoms with Gasteiger partial charge in [-0.25, -0.2) is 4.39 Å². The highest BCUT2D eigenvalue weighted by Gasteiger charge is 2.04. The Morgan fingerprint density at radius 3 is 2.31 bits per heavy atom. The zero-order valence-electron chi connectivity index (χ0n) is 9.02. The quantitative estimate of drug-likeness (QED) is 0.850. The van der Waals surface area contributed by atoms with Gasteiger partial charge in [-0.15, -0.1) is 0 Å². The molecule has 0 aliphatic heterocycles. The average Bonchev–Trinajstić information content (AvgIpc) is 2.31. The highest BCUT2D eigenvalue weighted by molar-refractivity contribution is 5.43. The molecule has 3 heteroatoms. The molecule has 0 aliphatic carbocycles. The van der Waals surface area contributed by atoms with Gasteiger partial charge >= 0.3 is 0 Å². The second-order valence-electron chi connectivity index (χ2n) is 3.65. The second kappa shape index (κ2) is 4.75. The van der Waals surface area contributed by atoms with Crippen molar-refractivity contribution >= 4 is 5.69 Å². The Morgan fingerprint density at radius 2 is 1.69 bits per heavy atom. The summed E-state index contributed by atoms with van der Waals surface area (Å²) in [5.41, 5.74) is 2.06. The van der Waals surface area contributed by atoms with Crippen LogP contribution in [0.15, 0.2) is 48.8 Å². The number of aromatic nitrogens is 1. The lowest BCUT2D eigenvalue weighted by molar-refractivity contribution is 0.626. The highest BCUT2D eigenvalue weighted by atomic mass is 19.1. The molecule has 0 bridgehead atoms. The molecule has 1 unspecified atom stereocenters. The fourth-order valence-corrected chi connectivity index (χ4v) is 1.53. The van der Waals surface area contributed by atoms with E-state index in [0.29, 0.717) is 0 Å². The Morgan fingerprint density at radius 1 is 1.06 bits per heavy atom. The summed E-state index contributed by atoms with van der Waals surface area (Å²) in [7, 11) is 0. The molecule has 0 spiro atoms. The summed E-state index contributed by atoms with van der Waals surface area (Å²) in [6.07, 6.45) is 3.47. The minimum atomic E-state index is -0.208. The van der Waals surface area contributed by atoms with Crippen LogP contribution in [0.5, 0.6) is 0 Å². The maximum Gasteiger partial charge on any atom is 0.123 e. The lowest BCUT2D eigenvalue weighted by Gasteiger charge is -2.15. The predicted molar refractivity (Wildman–Crippen MR) is 62.7 cm³/mol. The fourth-order valence-electron chi connectivity index (χ4n) is 1.53. The van der Waals surface area contributed by atoms with Crippen molar-refractivity contribution < 1.29 is 4.39 Å². The molecule has 1 aromatic carbocycles. The molecular formula is C13H13FN2. The number of nitrogens with zero attached hydrogens (tertiary/aromatic N) is 1. The van der Waals surface area contributed by atoms with Crippen LogP contribution in [0.3, 0.4) is 0 Å². The topological polar surface area (TPSA) is 24.9 Å². The van der Waals surface area contributed by atoms with Crippen LogP contribution < -0.4 is 5.32 Å². The van der Waals surface area contributed by atoms with Crippen molar-refractivity contribution in [2.75, 3.05) is 5.32 Å². The third kappa shape index (κ3) is 2.57. The van der Waals surface area contributed by atoms with E-state index in [1.54, 1.807) is 24.5 Å². The number of anilines is 1. The first-order valence-electron chi connectivity index (χ1n) is 5.18. The molecule has 0 aliphatic rings. The standard InChI is InChI=1S/C13H13FN2/c1-10(11-2-4-12(14)5-3-11)16-13-6-8-15-9-7-13/h2-10H,1H3,(H,15,16). The monoisotopic (exact) mass is 216 g/mol. The van der Waals surface area contributed by atoms with E-state index in [0.717, 1.165) is 11.3 Å². The summed E-state index contributed by atoms with van der Waals surface area (Å²) in [6, 6.07) is 10.5. The summed E-state index contributed by atoms with van der Waals surface area (Å²) in [5.74, 6) is -0.208. The SMILES string of the molecule is CC(Nc1ccncc1)c1ccc(F)cc1. The van der Waals surface area contributed by atoms with Gasteiger partial charge in [0.1, 0.15) is 5.82 Å². The highest BCUT2D eigenvalue weighted by Crippen LogP contribution is 2.18. The molecule has 0 amide bonds. The number of hydrogen-bond donors (Lipinski definition) is 1. The number of halogens is 1. The van der Waals surface area contributed by atoms with E-state index in [9.17, 15) is 4.39 Å². The Labute approximate surface area is 94.2 Å². The van der Waals surface area contributed by atoms with E-state index < -0.39 is 0 Å². The first-order chi connectivity index (χ1) is 7.75. The van der Waals surface area contributed by atoms with Gasteiger partial charge in [0.25, 0.3) is 0 Å². The summed E-state index contributed by atoms with van der Waals surface area (Å²) >= 11 is 0. The van der Waals surface area contributed by atoms with Gasteiger partial charge in [-0.3, -0.25) is 4.98 Å². The van der Waals surface area contributed by atoms with E-state index in [-0.39, 0.29) is 11.9 Å². The maximum absolute atomic E-state index is 12.7. The van der Waals surface area contributed by atoms with Crippen LogP contribution in [-0.2, 0) is 0 Å². The number of nitrogens with one attached hydrogen (secondary N) is 1. The van der Waals surface area contributed by atoms with Crippen molar-refractivity contribution in [3.05, 3.63) is 60.2 Å². The molecule has 0 fully saturated rings. The van der Waals surface area contributed by atoms with E-state index in [2.05, 4.69) is 10.3 Å². The smallest absolute Gasteiger partial charge is 0.123 e. The van der Waals surface area contributed by atoms with Gasteiger partial charge in [-0.1, -0.05) is 12.1 Å². The molecule has 0 saturated carbocycles. The molecule has 1 heterocycles. The Hall–Kier alpha value is -1.90. The van der Waals surface area contributed by atoms with E-state index in [4.69, 9.17) is 0 Å². The number of pyridine rings is 1. The first-order valence-corrected chi connectivity index (χ1v) is 5.18. The first kappa shape index (κ1) is 10.6. The fraction of sp³-hybridized carbons (Fsp3) is 0.154. The van der Waals surface area contributed by atoms with Crippen LogP contribution in [0.4, 0.5) is 10.1 Å². The lowest BCUT2D eigenvalue weighted by atomic mass is 10.1. The van der Waals surface area contributed by atoms with Gasteiger partial charge in [0.05, 0.1) is 0 Å². The zero-order valence-corrected chi connectivity index (χ0v) is 9.02. The van der Waals surface area contributed by atoms with Crippen LogP contribution in [0, 0.1) is 5.82 Å². The molecule has 82 valence electrons. The molecule has 1 aromatic heterocycles. The van der Waals surface area contributed by atoms with Gasteiger partial charge in [0, 0.05) is 24.1 Å². The van der Waals surface area contributed by atoms with E-state index in [1.807, 2.05) is 19.1 Å². The molecular weight excluding hydrogens is 203 g/mol. The molecule has 2 nitrogen and oxygen atoms in total. The van der Waals surface area contributed by atoms with Crippen molar-refractivity contribution in [1.29, 1.82) is 0 Å². The van der Waals surface area contributed by atoms with Crippen LogP contribution in [-0.4, -0.2) is 4.98 Å². The third-order valence-electron chi connectivity index (χ3n) is 2.43. The Balaban J connectivity index is 2.09. The van der Waals surface area contributed by atoms with Crippen LogP contribution in [0.25, 0.3) is 0 Å². The van der Waals surface area contributed by atoms with Gasteiger partial charge in [-0.2, -0.15) is 0 Å². The third-order valence-corrected chi connectivity index (χ3v) is 2.43. The zero-order chi connectivity index (χ0) is 11.4. The molecule has 16 heavy (non-hydrogen) atoms. The van der Waals surface area contributed by atoms with Crippen molar-refractivity contribution in [2.45, 2.75) is 13.0 Å². The summed E-state index contributed by atoms with van der Waals surface area (Å²) in [4.78, 5) is 3.95. The van der Waals surface area contributed by atoms with Crippen molar-refractivity contribution in [2.24, 2.45) is 0 Å². The molecule has 2 aromatic rings. The van der Waals surface area contributed by atoms with E-state index >= 15 is 0 Å². The summed E-state index contributed by atoms with van der Waals surface area (Å²) < 4.78 is 12.7. The predicted octanol–water partition coefficient (Wildman–Crippen LogP) is 3.39. The van der Waals surface area contributed by atoms with E-state index in [1.165, 1.54) is 12.1 Å². The minimum Gasteiger partial charge on any atom is -0.378 e. The largest absolute Gasteiger partial charge is 0.378 e. The Kier molecular flexibility index (Phi) is 3.15. The van der Waals surface area contributed by atoms with Crippen LogP contribution in [0.2, 0.25) is 0 Å². The number of benzene rings is 1. The molecule has 1 N–H and O–H groups in total. The van der Waals surface area contributed by atoms with Crippen molar-refractivity contribution in [1.82, 2.24) is 4.98 Å². The summed E-state index contributed by atoms with van der Waals surface area (Å²) in [6.45, 7) is 2.04. The van der Waals surface area contributed by atoms with Gasteiger partial charge in [0.15, 0.2) is 0 Å². The van der Waals surface area contributed by atoms with Gasteiger partial charge in [-0.05, 0) is 36.8 Å². The average molecular weight is 216 g/mol. The number of hydrogen-bond acceptors (Lipinski definition) is 2. The summed E-state index contributed by atoms with van der Waals surface area (Å²) in [5, 5.41) is 3.32. The molecule has 0 saturated heterocycles. The molecule has 2 rings (SSSR count). The maximum atomic E-state index is 12.7. The molecule has 0 radical (unpaired) electrons. The minimum absolute atomic E-state index is 0.142. The van der Waals surface area contributed by atoms with Gasteiger partial charge in [0.2, 0.25) is 0 Å². The normalized spacial score (nSPS) is 12.1. The van der Waals surface area contributed by atoms with Crippen molar-refractivity contribution in [3.63, 3.8) is 0 Å². The molecule has 1 atom stereocenters. The Bertz CT molecular complexity index is 439. The van der Waals surface area contributed by atoms with Crippen LogP contribution in [0.1, 0.15) is 18.5 Å².